The number of alkyl halides is 3. The highest BCUT2D eigenvalue weighted by Crippen LogP contribution is 2.38. The zero-order valence-electron chi connectivity index (χ0n) is 24.0. The molecule has 4 heterocycles. The van der Waals surface area contributed by atoms with Gasteiger partial charge in [-0.05, 0) is 67.6 Å². The maximum absolute atomic E-state index is 13.7. The van der Waals surface area contributed by atoms with Gasteiger partial charge >= 0.3 is 6.18 Å². The van der Waals surface area contributed by atoms with Crippen LogP contribution in [0.4, 0.5) is 19.1 Å². The first kappa shape index (κ1) is 29.0. The van der Waals surface area contributed by atoms with Gasteiger partial charge in [0.05, 0.1) is 41.3 Å². The number of piperazine rings is 1. The summed E-state index contributed by atoms with van der Waals surface area (Å²) in [5.74, 6) is -0.226. The van der Waals surface area contributed by atoms with Crippen molar-refractivity contribution in [1.82, 2.24) is 34.2 Å². The molecule has 1 fully saturated rings. The largest absolute Gasteiger partial charge is 0.416 e. The number of nitrogens with zero attached hydrogens (tertiary/aromatic N) is 8. The summed E-state index contributed by atoms with van der Waals surface area (Å²) in [5, 5.41) is 20.9. The summed E-state index contributed by atoms with van der Waals surface area (Å²) in [5.41, 5.74) is 3.38. The molecule has 44 heavy (non-hydrogen) atoms. The number of nitriles is 1. The molecule has 1 amide bonds. The van der Waals surface area contributed by atoms with Crippen LogP contribution in [0.15, 0.2) is 67.0 Å². The molecule has 0 aliphatic carbocycles. The maximum Gasteiger partial charge on any atom is 0.416 e. The summed E-state index contributed by atoms with van der Waals surface area (Å²) in [6.07, 6.45) is -1.20. The number of carbonyl (C=O) groups is 1. The van der Waals surface area contributed by atoms with Crippen LogP contribution in [0.1, 0.15) is 16.7 Å². The van der Waals surface area contributed by atoms with Gasteiger partial charge in [0.2, 0.25) is 11.9 Å². The summed E-state index contributed by atoms with van der Waals surface area (Å²) in [7, 11) is 2.04. The molecule has 13 heteroatoms. The molecule has 0 bridgehead atoms. The molecule has 0 unspecified atom stereocenters. The average Bonchev–Trinajstić information content (AvgIpc) is 3.64. The number of amides is 1. The van der Waals surface area contributed by atoms with Crippen LogP contribution in [0.2, 0.25) is 0 Å². The van der Waals surface area contributed by atoms with Crippen molar-refractivity contribution in [3.05, 3.63) is 83.7 Å². The molecule has 1 aliphatic heterocycles. The van der Waals surface area contributed by atoms with Crippen LogP contribution in [-0.4, -0.2) is 79.9 Å². The van der Waals surface area contributed by atoms with Gasteiger partial charge in [-0.2, -0.15) is 28.5 Å². The highest BCUT2D eigenvalue weighted by Gasteiger charge is 2.31. The summed E-state index contributed by atoms with van der Waals surface area (Å²) in [6, 6.07) is 15.8. The van der Waals surface area contributed by atoms with Crippen LogP contribution in [0, 0.1) is 18.3 Å². The number of anilines is 1. The zero-order chi connectivity index (χ0) is 31.0. The third kappa shape index (κ3) is 5.77. The van der Waals surface area contributed by atoms with Crippen LogP contribution in [0.25, 0.3) is 33.7 Å². The van der Waals surface area contributed by atoms with Gasteiger partial charge in [0.25, 0.3) is 0 Å². The molecular weight excluding hydrogens is 571 g/mol. The summed E-state index contributed by atoms with van der Waals surface area (Å²) in [6.45, 7) is 5.23. The molecule has 224 valence electrons. The Balaban J connectivity index is 1.45. The monoisotopic (exact) mass is 599 g/mol. The van der Waals surface area contributed by atoms with E-state index in [1.807, 2.05) is 11.9 Å². The SMILES string of the molecule is Cc1c(-c2ccnn2-c2ccc(C#N)cc2)cn2nc(NC(=O)CN3CCN(C)CC3)nc2c1-c1cccc(C(F)(F)F)c1. The number of halogens is 3. The molecule has 1 saturated heterocycles. The maximum atomic E-state index is 13.7. The van der Waals surface area contributed by atoms with E-state index in [-0.39, 0.29) is 18.4 Å². The second kappa shape index (κ2) is 11.6. The predicted octanol–water partition coefficient (Wildman–Crippen LogP) is 4.63. The van der Waals surface area contributed by atoms with Crippen molar-refractivity contribution >= 4 is 17.5 Å². The molecule has 1 N–H and O–H groups in total. The Hall–Kier alpha value is -5.06. The smallest absolute Gasteiger partial charge is 0.304 e. The lowest BCUT2D eigenvalue weighted by atomic mass is 9.95. The number of hydrogen-bond donors (Lipinski definition) is 1. The van der Waals surface area contributed by atoms with Gasteiger partial charge in [0, 0.05) is 43.5 Å². The number of hydrogen-bond acceptors (Lipinski definition) is 7. The minimum atomic E-state index is -4.54. The van der Waals surface area contributed by atoms with E-state index >= 15 is 0 Å². The summed E-state index contributed by atoms with van der Waals surface area (Å²) >= 11 is 0. The van der Waals surface area contributed by atoms with Crippen LogP contribution in [0.5, 0.6) is 0 Å². The lowest BCUT2D eigenvalue weighted by Gasteiger charge is -2.31. The number of nitrogens with one attached hydrogen (secondary N) is 1. The third-order valence-corrected chi connectivity index (χ3v) is 7.74. The Bertz CT molecular complexity index is 1880. The van der Waals surface area contributed by atoms with E-state index in [1.165, 1.54) is 10.6 Å². The highest BCUT2D eigenvalue weighted by atomic mass is 19.4. The minimum Gasteiger partial charge on any atom is -0.304 e. The van der Waals surface area contributed by atoms with Crippen LogP contribution < -0.4 is 5.32 Å². The van der Waals surface area contributed by atoms with E-state index in [4.69, 9.17) is 0 Å². The van der Waals surface area contributed by atoms with E-state index < -0.39 is 11.7 Å². The number of carbonyl (C=O) groups excluding carboxylic acids is 1. The molecule has 6 rings (SSSR count). The Labute approximate surface area is 250 Å². The number of benzene rings is 2. The number of rotatable bonds is 6. The highest BCUT2D eigenvalue weighted by molar-refractivity contribution is 5.92. The van der Waals surface area contributed by atoms with Gasteiger partial charge in [0.15, 0.2) is 5.65 Å². The van der Waals surface area contributed by atoms with E-state index in [1.54, 1.807) is 60.4 Å². The van der Waals surface area contributed by atoms with Crippen molar-refractivity contribution < 1.29 is 18.0 Å². The normalized spacial score (nSPS) is 14.5. The van der Waals surface area contributed by atoms with E-state index in [2.05, 4.69) is 31.5 Å². The molecule has 0 saturated carbocycles. The van der Waals surface area contributed by atoms with E-state index in [0.29, 0.717) is 44.8 Å². The lowest BCUT2D eigenvalue weighted by Crippen LogP contribution is -2.47. The number of fused-ring (bicyclic) bond motifs is 1. The molecule has 1 aliphatic rings. The van der Waals surface area contributed by atoms with Gasteiger partial charge in [-0.25, -0.2) is 9.20 Å². The number of pyridine rings is 1. The number of aromatic nitrogens is 5. The van der Waals surface area contributed by atoms with Gasteiger partial charge in [-0.15, -0.1) is 5.10 Å². The van der Waals surface area contributed by atoms with Gasteiger partial charge in [-0.3, -0.25) is 15.0 Å². The number of likely N-dealkylation sites (N-methyl/N-ethyl adjacent to an activating group) is 1. The lowest BCUT2D eigenvalue weighted by molar-refractivity contribution is -0.137. The average molecular weight is 600 g/mol. The van der Waals surface area contributed by atoms with Gasteiger partial charge in [-0.1, -0.05) is 12.1 Å². The molecule has 5 aromatic rings. The second-order valence-corrected chi connectivity index (χ2v) is 10.7. The first-order valence-corrected chi connectivity index (χ1v) is 13.9. The summed E-state index contributed by atoms with van der Waals surface area (Å²) < 4.78 is 44.4. The fraction of sp³-hybridized carbons (Fsp3) is 0.258. The fourth-order valence-corrected chi connectivity index (χ4v) is 5.38. The second-order valence-electron chi connectivity index (χ2n) is 10.7. The summed E-state index contributed by atoms with van der Waals surface area (Å²) in [4.78, 5) is 21.7. The van der Waals surface area contributed by atoms with Crippen molar-refractivity contribution in [1.29, 1.82) is 5.26 Å². The van der Waals surface area contributed by atoms with Crippen LogP contribution in [0.3, 0.4) is 0 Å². The molecule has 0 radical (unpaired) electrons. The van der Waals surface area contributed by atoms with Crippen LogP contribution >= 0.6 is 0 Å². The zero-order valence-corrected chi connectivity index (χ0v) is 24.0. The standard InChI is InChI=1S/C31H28F3N9O/c1-20-25(26-10-11-36-43(26)24-8-6-21(17-35)7-9-24)18-42-29(28(20)22-4-3-5-23(16-22)31(32,33)34)38-30(39-42)37-27(44)19-41-14-12-40(2)13-15-41/h3-11,16,18H,12-15,19H2,1-2H3,(H,37,39,44). The molecule has 10 nitrogen and oxygen atoms in total. The van der Waals surface area contributed by atoms with Crippen molar-refractivity contribution in [2.24, 2.45) is 0 Å². The Morgan fingerprint density at radius 2 is 1.82 bits per heavy atom. The molecule has 3 aromatic heterocycles. The van der Waals surface area contributed by atoms with Crippen molar-refractivity contribution in [2.45, 2.75) is 13.1 Å². The fourth-order valence-electron chi connectivity index (χ4n) is 5.38. The first-order chi connectivity index (χ1) is 21.1. The molecule has 0 spiro atoms. The Morgan fingerprint density at radius 1 is 1.07 bits per heavy atom. The minimum absolute atomic E-state index is 0.0505. The Morgan fingerprint density at radius 3 is 2.52 bits per heavy atom. The van der Waals surface area contributed by atoms with Crippen molar-refractivity contribution in [2.75, 3.05) is 45.1 Å². The van der Waals surface area contributed by atoms with E-state index in [9.17, 15) is 23.2 Å². The molecule has 2 aromatic carbocycles. The van der Waals surface area contributed by atoms with Gasteiger partial charge in [0.1, 0.15) is 0 Å². The first-order valence-electron chi connectivity index (χ1n) is 13.9. The quantitative estimate of drug-likeness (QED) is 0.303. The topological polar surface area (TPSA) is 107 Å². The van der Waals surface area contributed by atoms with Crippen LogP contribution in [-0.2, 0) is 11.0 Å². The third-order valence-electron chi connectivity index (χ3n) is 7.74. The van der Waals surface area contributed by atoms with E-state index in [0.717, 1.165) is 38.3 Å². The molecular formula is C31H28F3N9O. The van der Waals surface area contributed by atoms with Crippen molar-refractivity contribution in [3.63, 3.8) is 0 Å². The Kier molecular flexibility index (Phi) is 7.62. The predicted molar refractivity (Wildman–Crippen MR) is 158 cm³/mol. The molecule has 0 atom stereocenters. The van der Waals surface area contributed by atoms with Gasteiger partial charge < -0.3 is 4.90 Å². The van der Waals surface area contributed by atoms with Crippen molar-refractivity contribution in [3.8, 4) is 34.1 Å².